The summed E-state index contributed by atoms with van der Waals surface area (Å²) in [5, 5.41) is 7.54. The van der Waals surface area contributed by atoms with Crippen LogP contribution in [0.3, 0.4) is 0 Å². The molecule has 2 heterocycles. The molecule has 0 spiro atoms. The third kappa shape index (κ3) is 6.88. The summed E-state index contributed by atoms with van der Waals surface area (Å²) in [5.74, 6) is -0.280. The lowest BCUT2D eigenvalue weighted by molar-refractivity contribution is -0.121. The SMILES string of the molecule is CC(C)CN(CCC(=O)N[C@@H](C)c1ccccc1)C(=O)c1cc2n(n1)CCCN(Cc1ccccc1)C2=O. The van der Waals surface area contributed by atoms with Gasteiger partial charge in [0, 0.05) is 45.2 Å². The van der Waals surface area contributed by atoms with Crippen molar-refractivity contribution < 1.29 is 14.4 Å². The third-order valence-electron chi connectivity index (χ3n) is 6.68. The summed E-state index contributed by atoms with van der Waals surface area (Å²) in [4.78, 5) is 43.0. The lowest BCUT2D eigenvalue weighted by atomic mass is 10.1. The van der Waals surface area contributed by atoms with Crippen LogP contribution in [0.2, 0.25) is 0 Å². The number of carbonyl (C=O) groups excluding carboxylic acids is 3. The maximum atomic E-state index is 13.5. The smallest absolute Gasteiger partial charge is 0.274 e. The summed E-state index contributed by atoms with van der Waals surface area (Å²) >= 11 is 0. The van der Waals surface area contributed by atoms with E-state index in [9.17, 15) is 14.4 Å². The van der Waals surface area contributed by atoms with Gasteiger partial charge in [-0.3, -0.25) is 19.1 Å². The number of hydrogen-bond acceptors (Lipinski definition) is 4. The lowest BCUT2D eigenvalue weighted by Crippen LogP contribution is -2.38. The van der Waals surface area contributed by atoms with Crippen LogP contribution in [-0.4, -0.2) is 56.9 Å². The fourth-order valence-electron chi connectivity index (χ4n) is 4.75. The number of carbonyl (C=O) groups is 3. The second kappa shape index (κ2) is 12.5. The topological polar surface area (TPSA) is 87.5 Å². The van der Waals surface area contributed by atoms with Crippen LogP contribution in [0.25, 0.3) is 0 Å². The summed E-state index contributed by atoms with van der Waals surface area (Å²) in [6, 6.07) is 21.2. The maximum absolute atomic E-state index is 13.5. The van der Waals surface area contributed by atoms with Gasteiger partial charge in [-0.1, -0.05) is 74.5 Å². The highest BCUT2D eigenvalue weighted by molar-refractivity contribution is 5.98. The molecule has 1 atom stereocenters. The molecule has 3 aromatic rings. The van der Waals surface area contributed by atoms with E-state index in [0.29, 0.717) is 31.9 Å². The number of hydrogen-bond donors (Lipinski definition) is 1. The van der Waals surface area contributed by atoms with E-state index in [1.807, 2.05) is 86.3 Å². The molecule has 0 radical (unpaired) electrons. The first-order valence-electron chi connectivity index (χ1n) is 13.4. The molecule has 8 nitrogen and oxygen atoms in total. The number of benzene rings is 2. The number of nitrogens with zero attached hydrogens (tertiary/aromatic N) is 4. The second-order valence-electron chi connectivity index (χ2n) is 10.3. The van der Waals surface area contributed by atoms with Crippen molar-refractivity contribution in [3.05, 3.63) is 89.2 Å². The average molecular weight is 516 g/mol. The van der Waals surface area contributed by atoms with Gasteiger partial charge >= 0.3 is 0 Å². The van der Waals surface area contributed by atoms with Crippen LogP contribution >= 0.6 is 0 Å². The van der Waals surface area contributed by atoms with Crippen molar-refractivity contribution in [1.82, 2.24) is 24.9 Å². The van der Waals surface area contributed by atoms with Crippen molar-refractivity contribution in [3.8, 4) is 0 Å². The Morgan fingerprint density at radius 2 is 1.68 bits per heavy atom. The molecule has 200 valence electrons. The first-order valence-corrected chi connectivity index (χ1v) is 13.4. The number of aryl methyl sites for hydroxylation is 1. The Labute approximate surface area is 224 Å². The number of rotatable bonds is 10. The molecule has 0 saturated carbocycles. The molecule has 0 fully saturated rings. The van der Waals surface area contributed by atoms with Crippen LogP contribution in [0.1, 0.15) is 71.8 Å². The second-order valence-corrected chi connectivity index (χ2v) is 10.3. The molecule has 1 aromatic heterocycles. The van der Waals surface area contributed by atoms with Gasteiger partial charge in [-0.05, 0) is 30.4 Å². The zero-order valence-electron chi connectivity index (χ0n) is 22.5. The molecule has 0 unspecified atom stereocenters. The molecule has 8 heteroatoms. The van der Waals surface area contributed by atoms with Crippen molar-refractivity contribution in [1.29, 1.82) is 0 Å². The highest BCUT2D eigenvalue weighted by atomic mass is 16.2. The van der Waals surface area contributed by atoms with Crippen molar-refractivity contribution in [2.75, 3.05) is 19.6 Å². The Balaban J connectivity index is 1.43. The summed E-state index contributed by atoms with van der Waals surface area (Å²) in [7, 11) is 0. The molecule has 38 heavy (non-hydrogen) atoms. The van der Waals surface area contributed by atoms with Gasteiger partial charge in [-0.15, -0.1) is 0 Å². The monoisotopic (exact) mass is 515 g/mol. The van der Waals surface area contributed by atoms with Gasteiger partial charge in [-0.2, -0.15) is 5.10 Å². The van der Waals surface area contributed by atoms with Crippen molar-refractivity contribution in [2.24, 2.45) is 5.92 Å². The molecule has 0 saturated heterocycles. The zero-order chi connectivity index (χ0) is 27.1. The minimum atomic E-state index is -0.259. The van der Waals surface area contributed by atoms with E-state index >= 15 is 0 Å². The van der Waals surface area contributed by atoms with Crippen LogP contribution < -0.4 is 5.32 Å². The number of aromatic nitrogens is 2. The van der Waals surface area contributed by atoms with Gasteiger partial charge in [0.05, 0.1) is 6.04 Å². The van der Waals surface area contributed by atoms with Crippen LogP contribution in [-0.2, 0) is 17.9 Å². The van der Waals surface area contributed by atoms with Crippen molar-refractivity contribution >= 4 is 17.7 Å². The molecule has 1 N–H and O–H groups in total. The highest BCUT2D eigenvalue weighted by Gasteiger charge is 2.28. The van der Waals surface area contributed by atoms with Gasteiger partial charge < -0.3 is 15.1 Å². The van der Waals surface area contributed by atoms with Crippen LogP contribution in [0.4, 0.5) is 0 Å². The van der Waals surface area contributed by atoms with Crippen molar-refractivity contribution in [3.63, 3.8) is 0 Å². The van der Waals surface area contributed by atoms with E-state index in [1.165, 1.54) is 0 Å². The predicted octanol–water partition coefficient (Wildman–Crippen LogP) is 4.29. The molecule has 2 aromatic carbocycles. The van der Waals surface area contributed by atoms with Gasteiger partial charge in [0.25, 0.3) is 11.8 Å². The molecule has 3 amide bonds. The highest BCUT2D eigenvalue weighted by Crippen LogP contribution is 2.18. The Morgan fingerprint density at radius 1 is 1.00 bits per heavy atom. The minimum Gasteiger partial charge on any atom is -0.350 e. The van der Waals surface area contributed by atoms with E-state index in [0.717, 1.165) is 17.5 Å². The first-order chi connectivity index (χ1) is 18.3. The number of nitrogens with one attached hydrogen (secondary N) is 1. The van der Waals surface area contributed by atoms with E-state index in [-0.39, 0.29) is 48.3 Å². The summed E-state index contributed by atoms with van der Waals surface area (Å²) in [5.41, 5.74) is 2.77. The standard InChI is InChI=1S/C30H37N5O3/c1-22(2)20-34(18-15-28(36)31-23(3)25-13-8-5-9-14-25)29(37)26-19-27-30(38)33(16-10-17-35(27)32-26)21-24-11-6-4-7-12-24/h4-9,11-14,19,22-23H,10,15-18,20-21H2,1-3H3,(H,31,36)/t23-/m0/s1. The van der Waals surface area contributed by atoms with E-state index in [4.69, 9.17) is 0 Å². The summed E-state index contributed by atoms with van der Waals surface area (Å²) < 4.78 is 1.66. The Kier molecular flexibility index (Phi) is 8.94. The van der Waals surface area contributed by atoms with Crippen molar-refractivity contribution in [2.45, 2.75) is 52.7 Å². The largest absolute Gasteiger partial charge is 0.350 e. The zero-order valence-corrected chi connectivity index (χ0v) is 22.5. The lowest BCUT2D eigenvalue weighted by Gasteiger charge is -2.24. The van der Waals surface area contributed by atoms with Gasteiger partial charge in [0.2, 0.25) is 5.91 Å². The molecule has 0 bridgehead atoms. The first kappa shape index (κ1) is 27.1. The molecular weight excluding hydrogens is 478 g/mol. The van der Waals surface area contributed by atoms with E-state index < -0.39 is 0 Å². The van der Waals surface area contributed by atoms with Gasteiger partial charge in [0.15, 0.2) is 5.69 Å². The quantitative estimate of drug-likeness (QED) is 0.436. The molecule has 4 rings (SSSR count). The fraction of sp³-hybridized carbons (Fsp3) is 0.400. The maximum Gasteiger partial charge on any atom is 0.274 e. The molecule has 0 aliphatic carbocycles. The fourth-order valence-corrected chi connectivity index (χ4v) is 4.75. The number of fused-ring (bicyclic) bond motifs is 1. The summed E-state index contributed by atoms with van der Waals surface area (Å²) in [6.45, 7) is 8.51. The molecule has 1 aliphatic rings. The van der Waals surface area contributed by atoms with E-state index in [1.54, 1.807) is 15.6 Å². The van der Waals surface area contributed by atoms with Crippen LogP contribution in [0.5, 0.6) is 0 Å². The Hall–Kier alpha value is -3.94. The van der Waals surface area contributed by atoms with Crippen LogP contribution in [0, 0.1) is 5.92 Å². The molecule has 1 aliphatic heterocycles. The predicted molar refractivity (Wildman–Crippen MR) is 146 cm³/mol. The minimum absolute atomic E-state index is 0.115. The summed E-state index contributed by atoms with van der Waals surface area (Å²) in [6.07, 6.45) is 0.948. The molecular formula is C30H37N5O3. The number of amides is 3. The van der Waals surface area contributed by atoms with Crippen LogP contribution in [0.15, 0.2) is 66.7 Å². The Bertz CT molecular complexity index is 1240. The Morgan fingerprint density at radius 3 is 2.37 bits per heavy atom. The average Bonchev–Trinajstić information content (AvgIpc) is 3.29. The third-order valence-corrected chi connectivity index (χ3v) is 6.68. The van der Waals surface area contributed by atoms with Gasteiger partial charge in [0.1, 0.15) is 5.69 Å². The van der Waals surface area contributed by atoms with Gasteiger partial charge in [-0.25, -0.2) is 0 Å². The van der Waals surface area contributed by atoms with E-state index in [2.05, 4.69) is 10.4 Å². The normalized spacial score (nSPS) is 14.1.